The Kier molecular flexibility index (Phi) is 42.9. The fraction of sp³-hybridized carbons (Fsp3) is 0.955. The van der Waals surface area contributed by atoms with Gasteiger partial charge in [-0.15, -0.1) is 0 Å². The van der Waals surface area contributed by atoms with Gasteiger partial charge in [0.2, 0.25) is 0 Å². The molecule has 10 heteroatoms. The van der Waals surface area contributed by atoms with Gasteiger partial charge >= 0.3 is 8.25 Å². The van der Waals surface area contributed by atoms with Gasteiger partial charge in [0.05, 0.1) is 26.4 Å². The van der Waals surface area contributed by atoms with Gasteiger partial charge in [-0.2, -0.15) is 0 Å². The van der Waals surface area contributed by atoms with Gasteiger partial charge in [0.1, 0.15) is 23.8 Å². The van der Waals surface area contributed by atoms with Crippen molar-refractivity contribution in [2.45, 2.75) is 219 Å². The molecule has 0 radical (unpaired) electrons. The predicted molar refractivity (Wildman–Crippen MR) is 224 cm³/mol. The van der Waals surface area contributed by atoms with Gasteiger partial charge < -0.3 is 28.0 Å². The van der Waals surface area contributed by atoms with Gasteiger partial charge in [0.15, 0.2) is 0 Å². The van der Waals surface area contributed by atoms with Crippen LogP contribution in [0, 0.1) is 0 Å². The number of rotatable bonds is 46. The van der Waals surface area contributed by atoms with E-state index in [1.165, 1.54) is 116 Å². The molecule has 2 atom stereocenters. The van der Waals surface area contributed by atoms with E-state index in [0.717, 1.165) is 77.0 Å². The van der Waals surface area contributed by atoms with Crippen LogP contribution in [-0.4, -0.2) is 77.6 Å². The maximum atomic E-state index is 12.3. The SMILES string of the molecule is CCCCCCC(=O)CCCCCCCCCCCOCC(CO[PH](=O)OCC(COCCCCCCCCCCCC(=O)CCCCCC)OC)OC. The van der Waals surface area contributed by atoms with Crippen LogP contribution in [0.4, 0.5) is 0 Å². The zero-order valence-electron chi connectivity index (χ0n) is 35.8. The van der Waals surface area contributed by atoms with Gasteiger partial charge in [0, 0.05) is 53.1 Å². The molecule has 0 N–H and O–H groups in total. The van der Waals surface area contributed by atoms with E-state index in [4.69, 9.17) is 28.0 Å². The third kappa shape index (κ3) is 39.6. The summed E-state index contributed by atoms with van der Waals surface area (Å²) in [5.41, 5.74) is 0. The highest BCUT2D eigenvalue weighted by Gasteiger charge is 2.14. The summed E-state index contributed by atoms with van der Waals surface area (Å²) in [6.45, 7) is 6.84. The molecular formula is C44H87O9P. The van der Waals surface area contributed by atoms with E-state index in [1.807, 2.05) is 0 Å². The summed E-state index contributed by atoms with van der Waals surface area (Å²) in [4.78, 5) is 23.8. The molecule has 0 rings (SSSR count). The van der Waals surface area contributed by atoms with Gasteiger partial charge in [-0.05, 0) is 38.5 Å². The number of methoxy groups -OCH3 is 2. The van der Waals surface area contributed by atoms with E-state index < -0.39 is 8.25 Å². The third-order valence-corrected chi connectivity index (χ3v) is 11.0. The van der Waals surface area contributed by atoms with E-state index in [2.05, 4.69) is 13.8 Å². The molecule has 0 aliphatic rings. The Morgan fingerprint density at radius 1 is 0.407 bits per heavy atom. The van der Waals surface area contributed by atoms with Crippen molar-refractivity contribution in [3.63, 3.8) is 0 Å². The standard InChI is InChI=1S/C44H87O9P/c1-5-7-9-25-31-41(45)33-27-21-17-13-11-15-19-23-29-35-50-37-43(48-3)39-52-54(47)53-40-44(49-4)38-51-36-30-24-20-16-12-14-18-22-28-34-42(46)32-26-10-8-6-2/h43-44,54H,5-40H2,1-4H3. The van der Waals surface area contributed by atoms with Gasteiger partial charge in [0.25, 0.3) is 0 Å². The Balaban J connectivity index is 3.60. The number of hydrogen-bond donors (Lipinski definition) is 0. The van der Waals surface area contributed by atoms with Crippen LogP contribution >= 0.6 is 8.25 Å². The maximum absolute atomic E-state index is 12.3. The van der Waals surface area contributed by atoms with E-state index in [0.29, 0.717) is 38.0 Å². The molecule has 0 saturated carbocycles. The predicted octanol–water partition coefficient (Wildman–Crippen LogP) is 12.4. The minimum Gasteiger partial charge on any atom is -0.379 e. The molecule has 0 aliphatic carbocycles. The van der Waals surface area contributed by atoms with Crippen molar-refractivity contribution in [3.05, 3.63) is 0 Å². The molecule has 0 fully saturated rings. The van der Waals surface area contributed by atoms with Crippen LogP contribution in [0.2, 0.25) is 0 Å². The van der Waals surface area contributed by atoms with Crippen LogP contribution in [0.3, 0.4) is 0 Å². The zero-order chi connectivity index (χ0) is 39.6. The van der Waals surface area contributed by atoms with Gasteiger partial charge in [-0.25, -0.2) is 0 Å². The van der Waals surface area contributed by atoms with Crippen LogP contribution in [0.5, 0.6) is 0 Å². The van der Waals surface area contributed by atoms with E-state index in [9.17, 15) is 14.2 Å². The molecule has 9 nitrogen and oxygen atoms in total. The van der Waals surface area contributed by atoms with Crippen molar-refractivity contribution >= 4 is 19.8 Å². The fourth-order valence-corrected chi connectivity index (χ4v) is 7.16. The minimum absolute atomic E-state index is 0.149. The Labute approximate surface area is 333 Å². The van der Waals surface area contributed by atoms with Crippen LogP contribution in [0.25, 0.3) is 0 Å². The average molecular weight is 791 g/mol. The smallest absolute Gasteiger partial charge is 0.319 e. The summed E-state index contributed by atoms with van der Waals surface area (Å²) in [7, 11) is 0.525. The lowest BCUT2D eigenvalue weighted by Crippen LogP contribution is -2.25. The zero-order valence-corrected chi connectivity index (χ0v) is 36.8. The topological polar surface area (TPSA) is 107 Å². The molecule has 54 heavy (non-hydrogen) atoms. The first-order chi connectivity index (χ1) is 26.5. The largest absolute Gasteiger partial charge is 0.379 e. The lowest BCUT2D eigenvalue weighted by atomic mass is 10.0. The lowest BCUT2D eigenvalue weighted by Gasteiger charge is -2.17. The molecule has 0 spiro atoms. The number of unbranched alkanes of at least 4 members (excludes halogenated alkanes) is 22. The van der Waals surface area contributed by atoms with Crippen LogP contribution < -0.4 is 0 Å². The first-order valence-electron chi connectivity index (χ1n) is 22.5. The summed E-state index contributed by atoms with van der Waals surface area (Å²) in [5.74, 6) is 0.909. The molecule has 0 heterocycles. The molecule has 0 amide bonds. The van der Waals surface area contributed by atoms with Crippen LogP contribution in [0.15, 0.2) is 0 Å². The van der Waals surface area contributed by atoms with E-state index >= 15 is 0 Å². The van der Waals surface area contributed by atoms with Crippen molar-refractivity contribution < 1.29 is 42.1 Å². The summed E-state index contributed by atoms with van der Waals surface area (Å²) >= 11 is 0. The molecule has 322 valence electrons. The Bertz CT molecular complexity index is 764. The monoisotopic (exact) mass is 791 g/mol. The average Bonchev–Trinajstić information content (AvgIpc) is 3.17. The molecule has 0 aliphatic heterocycles. The van der Waals surface area contributed by atoms with Gasteiger partial charge in [-0.3, -0.25) is 14.2 Å². The highest BCUT2D eigenvalue weighted by molar-refractivity contribution is 7.33. The van der Waals surface area contributed by atoms with E-state index in [1.54, 1.807) is 14.2 Å². The molecule has 0 aromatic carbocycles. The van der Waals surface area contributed by atoms with Crippen molar-refractivity contribution in [3.8, 4) is 0 Å². The van der Waals surface area contributed by atoms with Crippen LogP contribution in [-0.2, 0) is 42.1 Å². The quantitative estimate of drug-likeness (QED) is 0.0440. The second-order valence-electron chi connectivity index (χ2n) is 15.3. The highest BCUT2D eigenvalue weighted by Crippen LogP contribution is 2.25. The molecule has 0 saturated heterocycles. The first kappa shape index (κ1) is 53.3. The number of carbonyl (C=O) groups is 2. The third-order valence-electron chi connectivity index (χ3n) is 10.2. The molecule has 0 aromatic rings. The summed E-state index contributed by atoms with van der Waals surface area (Å²) in [5, 5.41) is 0. The maximum Gasteiger partial charge on any atom is 0.319 e. The normalized spacial score (nSPS) is 13.3. The first-order valence-corrected chi connectivity index (χ1v) is 23.7. The molecule has 2 unspecified atom stereocenters. The van der Waals surface area contributed by atoms with Crippen molar-refractivity contribution in [1.29, 1.82) is 0 Å². The van der Waals surface area contributed by atoms with Crippen LogP contribution in [0.1, 0.15) is 206 Å². The lowest BCUT2D eigenvalue weighted by molar-refractivity contribution is -0.120. The second kappa shape index (κ2) is 43.5. The van der Waals surface area contributed by atoms with E-state index in [-0.39, 0.29) is 25.4 Å². The molecule has 0 bridgehead atoms. The Morgan fingerprint density at radius 3 is 0.981 bits per heavy atom. The number of hydrogen-bond acceptors (Lipinski definition) is 9. The Hall–Kier alpha value is -0.670. The van der Waals surface area contributed by atoms with Crippen molar-refractivity contribution in [2.75, 3.05) is 53.9 Å². The number of ether oxygens (including phenoxy) is 4. The molecular weight excluding hydrogens is 703 g/mol. The minimum atomic E-state index is -2.68. The van der Waals surface area contributed by atoms with Gasteiger partial charge in [-0.1, -0.05) is 142 Å². The highest BCUT2D eigenvalue weighted by atomic mass is 31.1. The van der Waals surface area contributed by atoms with Crippen molar-refractivity contribution in [2.24, 2.45) is 0 Å². The number of carbonyl (C=O) groups excluding carboxylic acids is 2. The number of Topliss-reactive ketones (excluding diaryl/α,β-unsaturated/α-hetero) is 2. The second-order valence-corrected chi connectivity index (χ2v) is 16.4. The molecule has 0 aromatic heterocycles. The summed E-state index contributed by atoms with van der Waals surface area (Å²) in [6.07, 6.45) is 33.2. The summed E-state index contributed by atoms with van der Waals surface area (Å²) < 4.78 is 45.6. The Morgan fingerprint density at radius 2 is 0.685 bits per heavy atom. The summed E-state index contributed by atoms with van der Waals surface area (Å²) in [6, 6.07) is 0. The fourth-order valence-electron chi connectivity index (χ4n) is 6.44. The number of ketones is 2. The van der Waals surface area contributed by atoms with Crippen molar-refractivity contribution in [1.82, 2.24) is 0 Å².